The number of aromatic nitrogens is 2. The molecule has 1 aliphatic rings. The minimum Gasteiger partial charge on any atom is -0.257 e. The third kappa shape index (κ3) is 2.27. The highest BCUT2D eigenvalue weighted by Gasteiger charge is 2.40. The van der Waals surface area contributed by atoms with Gasteiger partial charge in [0.25, 0.3) is 0 Å². The molecule has 0 radical (unpaired) electrons. The summed E-state index contributed by atoms with van der Waals surface area (Å²) < 4.78 is 1.70. The molecule has 98 valence electrons. The molecule has 0 N–H and O–H groups in total. The van der Waals surface area contributed by atoms with E-state index >= 15 is 0 Å². The maximum Gasteiger partial charge on any atom is 0.130 e. The molecule has 0 bridgehead atoms. The largest absolute Gasteiger partial charge is 0.257 e. The molecule has 1 heterocycles. The van der Waals surface area contributed by atoms with Crippen LogP contribution in [0.3, 0.4) is 0 Å². The van der Waals surface area contributed by atoms with Crippen molar-refractivity contribution in [2.45, 2.75) is 46.0 Å². The van der Waals surface area contributed by atoms with Gasteiger partial charge in [-0.2, -0.15) is 10.4 Å². The summed E-state index contributed by atoms with van der Waals surface area (Å²) in [4.78, 5) is 0. The molecule has 2 unspecified atom stereocenters. The Labute approximate surface area is 114 Å². The molecule has 1 aliphatic carbocycles. The van der Waals surface area contributed by atoms with Crippen LogP contribution in [0.5, 0.6) is 0 Å². The smallest absolute Gasteiger partial charge is 0.130 e. The molecule has 2 atom stereocenters. The Bertz CT molecular complexity index is 486. The molecular weight excluding hydrogens is 246 g/mol. The molecule has 0 aromatic carbocycles. The molecule has 0 amide bonds. The van der Waals surface area contributed by atoms with Crippen molar-refractivity contribution >= 4 is 11.6 Å². The second-order valence-corrected chi connectivity index (χ2v) is 5.92. The first kappa shape index (κ1) is 13.4. The van der Waals surface area contributed by atoms with Gasteiger partial charge in [-0.25, -0.2) is 0 Å². The Kier molecular flexibility index (Phi) is 3.68. The van der Waals surface area contributed by atoms with E-state index in [0.717, 1.165) is 30.5 Å². The van der Waals surface area contributed by atoms with Crippen LogP contribution in [-0.4, -0.2) is 9.78 Å². The van der Waals surface area contributed by atoms with E-state index in [1.54, 1.807) is 4.68 Å². The summed E-state index contributed by atoms with van der Waals surface area (Å²) in [6.07, 6.45) is 5.08. The van der Waals surface area contributed by atoms with Crippen LogP contribution < -0.4 is 0 Å². The highest BCUT2D eigenvalue weighted by atomic mass is 35.5. The van der Waals surface area contributed by atoms with Crippen molar-refractivity contribution < 1.29 is 0 Å². The molecule has 2 rings (SSSR count). The fourth-order valence-electron chi connectivity index (χ4n) is 3.10. The third-order valence-corrected chi connectivity index (χ3v) is 4.78. The van der Waals surface area contributed by atoms with E-state index in [9.17, 15) is 5.26 Å². The maximum atomic E-state index is 9.56. The Hall–Kier alpha value is -1.01. The van der Waals surface area contributed by atoms with Gasteiger partial charge in [-0.1, -0.05) is 24.9 Å². The second-order valence-electron chi connectivity index (χ2n) is 5.56. The van der Waals surface area contributed by atoms with Gasteiger partial charge in [-0.3, -0.25) is 4.68 Å². The standard InChI is InChI=1S/C14H20ClN3/c1-4-11-5-6-14(7-11,9-16)8-12-10(2)17-18(3)13(12)15/h11H,4-8H2,1-3H3. The zero-order valence-electron chi connectivity index (χ0n) is 11.3. The van der Waals surface area contributed by atoms with Crippen LogP contribution in [0.25, 0.3) is 0 Å². The predicted octanol–water partition coefficient (Wildman–Crippen LogP) is 3.64. The lowest BCUT2D eigenvalue weighted by Crippen LogP contribution is -2.18. The fraction of sp³-hybridized carbons (Fsp3) is 0.714. The molecule has 4 heteroatoms. The number of hydrogen-bond donors (Lipinski definition) is 0. The molecule has 1 saturated carbocycles. The SMILES string of the molecule is CCC1CCC(C#N)(Cc2c(C)nn(C)c2Cl)C1. The van der Waals surface area contributed by atoms with Gasteiger partial charge < -0.3 is 0 Å². The van der Waals surface area contributed by atoms with Gasteiger partial charge in [-0.15, -0.1) is 0 Å². The molecule has 0 aliphatic heterocycles. The third-order valence-electron chi connectivity index (χ3n) is 4.31. The molecule has 0 spiro atoms. The lowest BCUT2D eigenvalue weighted by Gasteiger charge is -2.20. The van der Waals surface area contributed by atoms with Gasteiger partial charge in [0.1, 0.15) is 5.15 Å². The topological polar surface area (TPSA) is 41.6 Å². The van der Waals surface area contributed by atoms with Crippen LogP contribution in [-0.2, 0) is 13.5 Å². The van der Waals surface area contributed by atoms with E-state index in [1.807, 2.05) is 14.0 Å². The van der Waals surface area contributed by atoms with Crippen molar-refractivity contribution in [3.63, 3.8) is 0 Å². The summed E-state index contributed by atoms with van der Waals surface area (Å²) in [7, 11) is 1.85. The van der Waals surface area contributed by atoms with E-state index in [-0.39, 0.29) is 5.41 Å². The number of hydrogen-bond acceptors (Lipinski definition) is 2. The molecule has 3 nitrogen and oxygen atoms in total. The van der Waals surface area contributed by atoms with Crippen LogP contribution in [0.2, 0.25) is 5.15 Å². The lowest BCUT2D eigenvalue weighted by atomic mass is 9.80. The Morgan fingerprint density at radius 2 is 2.33 bits per heavy atom. The lowest BCUT2D eigenvalue weighted by molar-refractivity contribution is 0.380. The van der Waals surface area contributed by atoms with Gasteiger partial charge in [0.05, 0.1) is 17.2 Å². The van der Waals surface area contributed by atoms with Crippen molar-refractivity contribution in [1.82, 2.24) is 9.78 Å². The number of rotatable bonds is 3. The van der Waals surface area contributed by atoms with Gasteiger partial charge >= 0.3 is 0 Å². The Morgan fingerprint density at radius 1 is 1.61 bits per heavy atom. The van der Waals surface area contributed by atoms with Crippen LogP contribution in [0.15, 0.2) is 0 Å². The summed E-state index contributed by atoms with van der Waals surface area (Å²) in [5.41, 5.74) is 1.78. The first-order valence-electron chi connectivity index (χ1n) is 6.60. The van der Waals surface area contributed by atoms with Gasteiger partial charge in [0.15, 0.2) is 0 Å². The van der Waals surface area contributed by atoms with Crippen molar-refractivity contribution in [3.8, 4) is 6.07 Å². The molecule has 18 heavy (non-hydrogen) atoms. The van der Waals surface area contributed by atoms with Crippen LogP contribution >= 0.6 is 11.6 Å². The van der Waals surface area contributed by atoms with E-state index in [4.69, 9.17) is 11.6 Å². The zero-order chi connectivity index (χ0) is 13.3. The minimum absolute atomic E-state index is 0.224. The summed E-state index contributed by atoms with van der Waals surface area (Å²) in [5.74, 6) is 0.695. The predicted molar refractivity (Wildman–Crippen MR) is 72.3 cm³/mol. The highest BCUT2D eigenvalue weighted by Crippen LogP contribution is 2.46. The summed E-state index contributed by atoms with van der Waals surface area (Å²) >= 11 is 6.27. The molecule has 0 saturated heterocycles. The van der Waals surface area contributed by atoms with E-state index in [0.29, 0.717) is 11.1 Å². The van der Waals surface area contributed by atoms with Gasteiger partial charge in [0, 0.05) is 12.6 Å². The first-order chi connectivity index (χ1) is 8.51. The van der Waals surface area contributed by atoms with Crippen molar-refractivity contribution in [2.24, 2.45) is 18.4 Å². The number of nitriles is 1. The van der Waals surface area contributed by atoms with Crippen molar-refractivity contribution in [1.29, 1.82) is 5.26 Å². The van der Waals surface area contributed by atoms with Crippen molar-refractivity contribution in [2.75, 3.05) is 0 Å². The quantitative estimate of drug-likeness (QED) is 0.837. The molecule has 1 aromatic heterocycles. The summed E-state index contributed by atoms with van der Waals surface area (Å²) in [6.45, 7) is 4.18. The van der Waals surface area contributed by atoms with Crippen LogP contribution in [0, 0.1) is 29.6 Å². The van der Waals surface area contributed by atoms with Crippen LogP contribution in [0.1, 0.15) is 43.9 Å². The minimum atomic E-state index is -0.224. The zero-order valence-corrected chi connectivity index (χ0v) is 12.1. The molecular formula is C14H20ClN3. The maximum absolute atomic E-state index is 9.56. The van der Waals surface area contributed by atoms with Crippen LogP contribution in [0.4, 0.5) is 0 Å². The second kappa shape index (κ2) is 4.93. The molecule has 1 aromatic rings. The average molecular weight is 266 g/mol. The van der Waals surface area contributed by atoms with E-state index < -0.39 is 0 Å². The number of nitrogens with zero attached hydrogens (tertiary/aromatic N) is 3. The normalized spacial score (nSPS) is 27.4. The fourth-order valence-corrected chi connectivity index (χ4v) is 3.34. The summed E-state index contributed by atoms with van der Waals surface area (Å²) in [6, 6.07) is 2.56. The van der Waals surface area contributed by atoms with Gasteiger partial charge in [-0.05, 0) is 38.5 Å². The molecule has 1 fully saturated rings. The number of halogens is 1. The Morgan fingerprint density at radius 3 is 2.78 bits per heavy atom. The Balaban J connectivity index is 2.24. The summed E-state index contributed by atoms with van der Waals surface area (Å²) in [5, 5.41) is 14.6. The average Bonchev–Trinajstić information content (AvgIpc) is 2.88. The van der Waals surface area contributed by atoms with E-state index in [2.05, 4.69) is 18.1 Å². The monoisotopic (exact) mass is 265 g/mol. The first-order valence-corrected chi connectivity index (χ1v) is 6.98. The number of aryl methyl sites for hydroxylation is 2. The van der Waals surface area contributed by atoms with E-state index in [1.165, 1.54) is 12.8 Å². The van der Waals surface area contributed by atoms with Gasteiger partial charge in [0.2, 0.25) is 0 Å². The highest BCUT2D eigenvalue weighted by molar-refractivity contribution is 6.30. The van der Waals surface area contributed by atoms with Crippen molar-refractivity contribution in [3.05, 3.63) is 16.4 Å².